The summed E-state index contributed by atoms with van der Waals surface area (Å²) < 4.78 is 28.6. The fourth-order valence-corrected chi connectivity index (χ4v) is 1.17. The monoisotopic (exact) mass is 197 g/mol. The van der Waals surface area contributed by atoms with Crippen LogP contribution in [-0.4, -0.2) is 42.4 Å². The van der Waals surface area contributed by atoms with Gasteiger partial charge in [0.25, 0.3) is 10.1 Å². The molecule has 1 amide bonds. The minimum Gasteiger partial charge on any atom is -0.390 e. The fourth-order valence-electron chi connectivity index (χ4n) is 0.564. The van der Waals surface area contributed by atoms with Crippen molar-refractivity contribution < 1.29 is 22.9 Å². The summed E-state index contributed by atoms with van der Waals surface area (Å²) in [5, 5.41) is 11.1. The fraction of sp³-hybridized carbons (Fsp3) is 0.800. The normalized spacial score (nSPS) is 13.9. The molecule has 0 fully saturated rings. The largest absolute Gasteiger partial charge is 0.390 e. The predicted octanol–water partition coefficient (Wildman–Crippen LogP) is -1.63. The highest BCUT2D eigenvalue weighted by atomic mass is 32.2. The van der Waals surface area contributed by atoms with E-state index in [2.05, 4.69) is 5.32 Å². The molecule has 0 saturated carbocycles. The van der Waals surface area contributed by atoms with Crippen molar-refractivity contribution in [3.8, 4) is 0 Å². The number of nitrogens with one attached hydrogen (secondary N) is 1. The Morgan fingerprint density at radius 3 is 2.42 bits per heavy atom. The van der Waals surface area contributed by atoms with Crippen molar-refractivity contribution >= 4 is 16.0 Å². The first kappa shape index (κ1) is 11.3. The summed E-state index contributed by atoms with van der Waals surface area (Å²) in [6.45, 7) is 1.05. The molecule has 72 valence electrons. The molecule has 3 N–H and O–H groups in total. The molecule has 0 heterocycles. The molecule has 0 spiro atoms. The third-order valence-electron chi connectivity index (χ3n) is 0.990. The van der Waals surface area contributed by atoms with Crippen LogP contribution < -0.4 is 5.32 Å². The first-order chi connectivity index (χ1) is 5.31. The predicted molar refractivity (Wildman–Crippen MR) is 41.1 cm³/mol. The molecule has 12 heavy (non-hydrogen) atoms. The zero-order chi connectivity index (χ0) is 9.78. The van der Waals surface area contributed by atoms with Gasteiger partial charge in [-0.25, -0.2) is 0 Å². The molecule has 1 atom stereocenters. The number of aliphatic hydroxyl groups is 1. The molecule has 0 saturated heterocycles. The lowest BCUT2D eigenvalue weighted by atomic mass is 10.4. The number of aliphatic hydroxyl groups excluding tert-OH is 1. The number of carbonyl (C=O) groups is 1. The molecule has 0 aliphatic heterocycles. The minimum absolute atomic E-state index is 0.185. The summed E-state index contributed by atoms with van der Waals surface area (Å²) >= 11 is 0. The Bertz CT molecular complexity index is 247. The van der Waals surface area contributed by atoms with Crippen LogP contribution in [0.5, 0.6) is 0 Å². The zero-order valence-electron chi connectivity index (χ0n) is 6.52. The van der Waals surface area contributed by atoms with Gasteiger partial charge in [0.2, 0.25) is 5.91 Å². The van der Waals surface area contributed by atoms with Crippen LogP contribution in [-0.2, 0) is 14.9 Å². The van der Waals surface area contributed by atoms with E-state index in [4.69, 9.17) is 9.66 Å². The van der Waals surface area contributed by atoms with E-state index in [1.54, 1.807) is 0 Å². The van der Waals surface area contributed by atoms with Gasteiger partial charge in [0.15, 0.2) is 0 Å². The molecule has 0 aliphatic carbocycles. The summed E-state index contributed by atoms with van der Waals surface area (Å²) in [5.74, 6) is -1.14. The SMILES string of the molecule is CC(=O)NCC(O)CS(=O)(=O)O. The van der Waals surface area contributed by atoms with Crippen molar-refractivity contribution in [3.63, 3.8) is 0 Å². The van der Waals surface area contributed by atoms with Gasteiger partial charge < -0.3 is 10.4 Å². The van der Waals surface area contributed by atoms with E-state index in [0.717, 1.165) is 0 Å². The number of hydrogen-bond donors (Lipinski definition) is 3. The molecule has 7 heteroatoms. The van der Waals surface area contributed by atoms with Crippen molar-refractivity contribution in [2.75, 3.05) is 12.3 Å². The van der Waals surface area contributed by atoms with Crippen LogP contribution in [0.1, 0.15) is 6.92 Å². The Hall–Kier alpha value is -0.660. The number of carbonyl (C=O) groups excluding carboxylic acids is 1. The van der Waals surface area contributed by atoms with E-state index in [1.807, 2.05) is 0 Å². The van der Waals surface area contributed by atoms with Crippen LogP contribution >= 0.6 is 0 Å². The van der Waals surface area contributed by atoms with Crippen molar-refractivity contribution in [2.24, 2.45) is 0 Å². The highest BCUT2D eigenvalue weighted by Crippen LogP contribution is 1.88. The Morgan fingerprint density at radius 2 is 2.08 bits per heavy atom. The summed E-state index contributed by atoms with van der Waals surface area (Å²) in [7, 11) is -4.17. The minimum atomic E-state index is -4.17. The van der Waals surface area contributed by atoms with Crippen LogP contribution in [0.2, 0.25) is 0 Å². The summed E-state index contributed by atoms with van der Waals surface area (Å²) in [4.78, 5) is 10.3. The molecular weight excluding hydrogens is 186 g/mol. The number of hydrogen-bond acceptors (Lipinski definition) is 4. The number of amides is 1. The molecule has 0 radical (unpaired) electrons. The molecule has 0 bridgehead atoms. The van der Waals surface area contributed by atoms with E-state index in [0.29, 0.717) is 0 Å². The van der Waals surface area contributed by atoms with Gasteiger partial charge in [-0.1, -0.05) is 0 Å². The van der Waals surface area contributed by atoms with E-state index < -0.39 is 22.0 Å². The molecule has 1 unspecified atom stereocenters. The quantitative estimate of drug-likeness (QED) is 0.469. The van der Waals surface area contributed by atoms with Crippen LogP contribution in [0.15, 0.2) is 0 Å². The van der Waals surface area contributed by atoms with Gasteiger partial charge in [0, 0.05) is 13.5 Å². The lowest BCUT2D eigenvalue weighted by molar-refractivity contribution is -0.119. The third-order valence-corrected chi connectivity index (χ3v) is 1.80. The van der Waals surface area contributed by atoms with Crippen LogP contribution in [0.3, 0.4) is 0 Å². The molecule has 0 rings (SSSR count). The average Bonchev–Trinajstić information content (AvgIpc) is 1.79. The summed E-state index contributed by atoms with van der Waals surface area (Å²) in [6, 6.07) is 0. The second-order valence-corrected chi connectivity index (χ2v) is 3.84. The van der Waals surface area contributed by atoms with Crippen LogP contribution in [0.25, 0.3) is 0 Å². The Labute approximate surface area is 70.3 Å². The second-order valence-electron chi connectivity index (χ2n) is 2.34. The van der Waals surface area contributed by atoms with E-state index in [-0.39, 0.29) is 12.5 Å². The maximum Gasteiger partial charge on any atom is 0.267 e. The lowest BCUT2D eigenvalue weighted by Crippen LogP contribution is -2.34. The Morgan fingerprint density at radius 1 is 1.58 bits per heavy atom. The van der Waals surface area contributed by atoms with Gasteiger partial charge in [-0.3, -0.25) is 9.35 Å². The van der Waals surface area contributed by atoms with Crippen molar-refractivity contribution in [1.29, 1.82) is 0 Å². The highest BCUT2D eigenvalue weighted by molar-refractivity contribution is 7.85. The van der Waals surface area contributed by atoms with Crippen LogP contribution in [0, 0.1) is 0 Å². The van der Waals surface area contributed by atoms with Gasteiger partial charge in [-0.15, -0.1) is 0 Å². The second kappa shape index (κ2) is 4.39. The summed E-state index contributed by atoms with van der Waals surface area (Å²) in [5.41, 5.74) is 0. The zero-order valence-corrected chi connectivity index (χ0v) is 7.34. The molecule has 0 aromatic carbocycles. The first-order valence-corrected chi connectivity index (χ1v) is 4.80. The number of rotatable bonds is 4. The van der Waals surface area contributed by atoms with Gasteiger partial charge >= 0.3 is 0 Å². The van der Waals surface area contributed by atoms with Gasteiger partial charge in [0.05, 0.1) is 6.10 Å². The van der Waals surface area contributed by atoms with Crippen LogP contribution in [0.4, 0.5) is 0 Å². The van der Waals surface area contributed by atoms with Gasteiger partial charge in [-0.05, 0) is 0 Å². The first-order valence-electron chi connectivity index (χ1n) is 3.19. The topological polar surface area (TPSA) is 104 Å². The average molecular weight is 197 g/mol. The maximum absolute atomic E-state index is 10.3. The Balaban J connectivity index is 3.75. The molecular formula is C5H11NO5S. The molecule has 0 aromatic rings. The molecule has 0 aromatic heterocycles. The maximum atomic E-state index is 10.3. The lowest BCUT2D eigenvalue weighted by Gasteiger charge is -2.07. The van der Waals surface area contributed by atoms with Gasteiger partial charge in [0.1, 0.15) is 5.75 Å². The summed E-state index contributed by atoms with van der Waals surface area (Å²) in [6.07, 6.45) is -1.27. The van der Waals surface area contributed by atoms with Crippen molar-refractivity contribution in [1.82, 2.24) is 5.32 Å². The standard InChI is InChI=1S/C5H11NO5S/c1-4(7)6-2-5(8)3-12(9,10)11/h5,8H,2-3H2,1H3,(H,6,7)(H,9,10,11). The van der Waals surface area contributed by atoms with E-state index in [1.165, 1.54) is 6.92 Å². The highest BCUT2D eigenvalue weighted by Gasteiger charge is 2.13. The van der Waals surface area contributed by atoms with E-state index in [9.17, 15) is 13.2 Å². The Kier molecular flexibility index (Phi) is 4.15. The van der Waals surface area contributed by atoms with Crippen molar-refractivity contribution in [3.05, 3.63) is 0 Å². The van der Waals surface area contributed by atoms with E-state index >= 15 is 0 Å². The third kappa shape index (κ3) is 7.45. The molecule has 6 nitrogen and oxygen atoms in total. The van der Waals surface area contributed by atoms with Crippen molar-refractivity contribution in [2.45, 2.75) is 13.0 Å². The smallest absolute Gasteiger partial charge is 0.267 e. The molecule has 0 aliphatic rings. The van der Waals surface area contributed by atoms with Gasteiger partial charge in [-0.2, -0.15) is 8.42 Å².